The Morgan fingerprint density at radius 2 is 1.60 bits per heavy atom. The molecular formula is C12H7BrF2. The Kier molecular flexibility index (Phi) is 2.82. The summed E-state index contributed by atoms with van der Waals surface area (Å²) < 4.78 is 26.6. The number of hydrogen-bond acceptors (Lipinski definition) is 0. The van der Waals surface area contributed by atoms with Crippen LogP contribution in [0.25, 0.3) is 11.1 Å². The molecule has 0 fully saturated rings. The van der Waals surface area contributed by atoms with Crippen molar-refractivity contribution in [2.75, 3.05) is 0 Å². The summed E-state index contributed by atoms with van der Waals surface area (Å²) in [4.78, 5) is 0. The normalized spacial score (nSPS) is 10.3. The molecule has 0 aliphatic carbocycles. The molecule has 0 bridgehead atoms. The van der Waals surface area contributed by atoms with E-state index in [1.54, 1.807) is 6.07 Å². The quantitative estimate of drug-likeness (QED) is 0.720. The van der Waals surface area contributed by atoms with Gasteiger partial charge >= 0.3 is 0 Å². The lowest BCUT2D eigenvalue weighted by Crippen LogP contribution is -1.85. The Morgan fingerprint density at radius 1 is 0.867 bits per heavy atom. The van der Waals surface area contributed by atoms with Crippen LogP contribution in [0, 0.1) is 11.6 Å². The molecule has 0 spiro atoms. The molecule has 3 heteroatoms. The highest BCUT2D eigenvalue weighted by atomic mass is 79.9. The Hall–Kier alpha value is -1.22. The zero-order valence-electron chi connectivity index (χ0n) is 7.68. The van der Waals surface area contributed by atoms with Crippen LogP contribution in [0.5, 0.6) is 0 Å². The highest BCUT2D eigenvalue weighted by Gasteiger charge is 2.06. The summed E-state index contributed by atoms with van der Waals surface area (Å²) in [5, 5.41) is 0. The van der Waals surface area contributed by atoms with Gasteiger partial charge < -0.3 is 0 Å². The summed E-state index contributed by atoms with van der Waals surface area (Å²) in [5.74, 6) is -1.66. The Morgan fingerprint density at radius 3 is 2.27 bits per heavy atom. The second-order valence-corrected chi connectivity index (χ2v) is 3.96. The SMILES string of the molecule is Fc1ccc(-c2ccccc2Br)cc1F. The van der Waals surface area contributed by atoms with Gasteiger partial charge in [0.05, 0.1) is 0 Å². The van der Waals surface area contributed by atoms with Crippen molar-refractivity contribution < 1.29 is 8.78 Å². The summed E-state index contributed by atoms with van der Waals surface area (Å²) >= 11 is 3.36. The molecule has 15 heavy (non-hydrogen) atoms. The lowest BCUT2D eigenvalue weighted by Gasteiger charge is -2.04. The van der Waals surface area contributed by atoms with E-state index in [0.29, 0.717) is 5.56 Å². The first kappa shape index (κ1) is 10.3. The summed E-state index contributed by atoms with van der Waals surface area (Å²) in [6.45, 7) is 0. The molecule has 0 nitrogen and oxygen atoms in total. The summed E-state index contributed by atoms with van der Waals surface area (Å²) in [6.07, 6.45) is 0. The minimum atomic E-state index is -0.830. The van der Waals surface area contributed by atoms with E-state index in [4.69, 9.17) is 0 Å². The van der Waals surface area contributed by atoms with Gasteiger partial charge in [0, 0.05) is 4.47 Å². The van der Waals surface area contributed by atoms with Gasteiger partial charge in [-0.1, -0.05) is 40.2 Å². The summed E-state index contributed by atoms with van der Waals surface area (Å²) in [6, 6.07) is 11.3. The van der Waals surface area contributed by atoms with Gasteiger partial charge in [-0.3, -0.25) is 0 Å². The van der Waals surface area contributed by atoms with Gasteiger partial charge in [0.1, 0.15) is 0 Å². The van der Waals surface area contributed by atoms with Crippen molar-refractivity contribution in [1.29, 1.82) is 0 Å². The molecule has 0 aromatic heterocycles. The van der Waals surface area contributed by atoms with Crippen molar-refractivity contribution in [1.82, 2.24) is 0 Å². The smallest absolute Gasteiger partial charge is 0.159 e. The molecule has 0 radical (unpaired) electrons. The molecule has 0 saturated heterocycles. The van der Waals surface area contributed by atoms with Gasteiger partial charge in [0.25, 0.3) is 0 Å². The Bertz CT molecular complexity index is 495. The van der Waals surface area contributed by atoms with Crippen molar-refractivity contribution in [3.05, 3.63) is 58.6 Å². The molecule has 0 heterocycles. The molecule has 0 atom stereocenters. The molecule has 2 aromatic rings. The van der Waals surface area contributed by atoms with Crippen molar-refractivity contribution >= 4 is 15.9 Å². The lowest BCUT2D eigenvalue weighted by molar-refractivity contribution is 0.509. The third kappa shape index (κ3) is 2.07. The molecule has 2 rings (SSSR count). The summed E-state index contributed by atoms with van der Waals surface area (Å²) in [7, 11) is 0. The standard InChI is InChI=1S/C12H7BrF2/c13-10-4-2-1-3-9(10)8-5-6-11(14)12(15)7-8/h1-7H. The van der Waals surface area contributed by atoms with E-state index in [1.165, 1.54) is 6.07 Å². The van der Waals surface area contributed by atoms with Crippen LogP contribution in [0.15, 0.2) is 46.9 Å². The number of benzene rings is 2. The van der Waals surface area contributed by atoms with Gasteiger partial charge in [0.2, 0.25) is 0 Å². The second kappa shape index (κ2) is 4.11. The number of rotatable bonds is 1. The monoisotopic (exact) mass is 268 g/mol. The van der Waals surface area contributed by atoms with Crippen LogP contribution in [-0.2, 0) is 0 Å². The fourth-order valence-corrected chi connectivity index (χ4v) is 1.87. The maximum absolute atomic E-state index is 13.0. The van der Waals surface area contributed by atoms with Crippen LogP contribution in [-0.4, -0.2) is 0 Å². The van der Waals surface area contributed by atoms with Crippen LogP contribution >= 0.6 is 15.9 Å². The zero-order chi connectivity index (χ0) is 10.8. The van der Waals surface area contributed by atoms with Gasteiger partial charge in [-0.05, 0) is 29.3 Å². The fourth-order valence-electron chi connectivity index (χ4n) is 1.36. The third-order valence-electron chi connectivity index (χ3n) is 2.10. The second-order valence-electron chi connectivity index (χ2n) is 3.11. The number of hydrogen-bond donors (Lipinski definition) is 0. The maximum atomic E-state index is 13.0. The molecule has 0 aliphatic heterocycles. The average Bonchev–Trinajstić information content (AvgIpc) is 2.23. The lowest BCUT2D eigenvalue weighted by atomic mass is 10.1. The largest absolute Gasteiger partial charge is 0.204 e. The third-order valence-corrected chi connectivity index (χ3v) is 2.80. The maximum Gasteiger partial charge on any atom is 0.159 e. The van der Waals surface area contributed by atoms with Gasteiger partial charge in [-0.25, -0.2) is 8.78 Å². The van der Waals surface area contributed by atoms with E-state index in [2.05, 4.69) is 15.9 Å². The van der Waals surface area contributed by atoms with Crippen molar-refractivity contribution in [3.8, 4) is 11.1 Å². The predicted octanol–water partition coefficient (Wildman–Crippen LogP) is 4.39. The minimum Gasteiger partial charge on any atom is -0.204 e. The average molecular weight is 269 g/mol. The first-order valence-electron chi connectivity index (χ1n) is 4.38. The fraction of sp³-hybridized carbons (Fsp3) is 0. The minimum absolute atomic E-state index is 0.654. The molecule has 0 aliphatic rings. The molecular weight excluding hydrogens is 262 g/mol. The number of halogens is 3. The van der Waals surface area contributed by atoms with E-state index in [1.807, 2.05) is 24.3 Å². The molecule has 0 unspecified atom stereocenters. The van der Waals surface area contributed by atoms with Crippen LogP contribution in [0.2, 0.25) is 0 Å². The molecule has 2 aromatic carbocycles. The predicted molar refractivity (Wildman–Crippen MR) is 59.5 cm³/mol. The topological polar surface area (TPSA) is 0 Å². The van der Waals surface area contributed by atoms with Crippen molar-refractivity contribution in [2.24, 2.45) is 0 Å². The molecule has 0 N–H and O–H groups in total. The van der Waals surface area contributed by atoms with Gasteiger partial charge in [-0.15, -0.1) is 0 Å². The highest BCUT2D eigenvalue weighted by molar-refractivity contribution is 9.10. The summed E-state index contributed by atoms with van der Waals surface area (Å²) in [5.41, 5.74) is 1.50. The van der Waals surface area contributed by atoms with Crippen molar-refractivity contribution in [3.63, 3.8) is 0 Å². The first-order valence-corrected chi connectivity index (χ1v) is 5.18. The zero-order valence-corrected chi connectivity index (χ0v) is 9.26. The van der Waals surface area contributed by atoms with Crippen LogP contribution in [0.3, 0.4) is 0 Å². The highest BCUT2D eigenvalue weighted by Crippen LogP contribution is 2.28. The Balaban J connectivity index is 2.55. The van der Waals surface area contributed by atoms with E-state index < -0.39 is 11.6 Å². The van der Waals surface area contributed by atoms with E-state index in [9.17, 15) is 8.78 Å². The first-order chi connectivity index (χ1) is 7.18. The van der Waals surface area contributed by atoms with Crippen LogP contribution in [0.4, 0.5) is 8.78 Å². The molecule has 76 valence electrons. The van der Waals surface area contributed by atoms with Gasteiger partial charge in [0.15, 0.2) is 11.6 Å². The molecule has 0 saturated carbocycles. The van der Waals surface area contributed by atoms with E-state index in [0.717, 1.165) is 16.1 Å². The van der Waals surface area contributed by atoms with Crippen LogP contribution in [0.1, 0.15) is 0 Å². The Labute approximate surface area is 94.7 Å². The molecule has 0 amide bonds. The van der Waals surface area contributed by atoms with Crippen LogP contribution < -0.4 is 0 Å². The van der Waals surface area contributed by atoms with E-state index in [-0.39, 0.29) is 0 Å². The van der Waals surface area contributed by atoms with Crippen molar-refractivity contribution in [2.45, 2.75) is 0 Å². The van der Waals surface area contributed by atoms with Gasteiger partial charge in [-0.2, -0.15) is 0 Å². The van der Waals surface area contributed by atoms with E-state index >= 15 is 0 Å².